The molecule has 0 radical (unpaired) electrons. The van der Waals surface area contributed by atoms with Crippen molar-refractivity contribution in [1.29, 1.82) is 0 Å². The summed E-state index contributed by atoms with van der Waals surface area (Å²) in [6.07, 6.45) is 0. The Morgan fingerprint density at radius 1 is 0.316 bits per heavy atom. The van der Waals surface area contributed by atoms with E-state index in [9.17, 15) is 0 Å². The summed E-state index contributed by atoms with van der Waals surface area (Å²) in [4.78, 5) is 20.3. The van der Waals surface area contributed by atoms with Gasteiger partial charge in [-0.05, 0) is 40.5 Å². The van der Waals surface area contributed by atoms with Gasteiger partial charge in [-0.2, -0.15) is 0 Å². The van der Waals surface area contributed by atoms with Gasteiger partial charge in [0.25, 0.3) is 0 Å². The molecule has 0 fully saturated rings. The normalized spacial score (nSPS) is 11.5. The van der Waals surface area contributed by atoms with Crippen LogP contribution in [-0.2, 0) is 0 Å². The van der Waals surface area contributed by atoms with Gasteiger partial charge in [0.15, 0.2) is 17.5 Å². The average Bonchev–Trinajstić information content (AvgIpc) is 3.68. The van der Waals surface area contributed by atoms with Gasteiger partial charge in [0.05, 0.1) is 11.2 Å². The minimum absolute atomic E-state index is 0.635. The summed E-state index contributed by atoms with van der Waals surface area (Å²) in [6, 6.07) is 67.9. The molecule has 0 saturated heterocycles. The highest BCUT2D eigenvalue weighted by Gasteiger charge is 2.18. The van der Waals surface area contributed by atoms with Gasteiger partial charge in [-0.1, -0.05) is 176 Å². The summed E-state index contributed by atoms with van der Waals surface area (Å²) in [7, 11) is 0. The fourth-order valence-electron chi connectivity index (χ4n) is 7.96. The Labute approximate surface area is 333 Å². The zero-order valence-corrected chi connectivity index (χ0v) is 31.5. The van der Waals surface area contributed by atoms with Crippen molar-refractivity contribution in [2.75, 3.05) is 0 Å². The maximum absolute atomic E-state index is 5.17. The van der Waals surface area contributed by atoms with Crippen LogP contribution in [0, 0.1) is 0 Å². The number of aromatic nitrogens is 4. The van der Waals surface area contributed by atoms with Crippen LogP contribution in [0.2, 0.25) is 0 Å². The van der Waals surface area contributed by atoms with Crippen LogP contribution < -0.4 is 0 Å². The van der Waals surface area contributed by atoms with Crippen LogP contribution in [0.1, 0.15) is 0 Å². The fraction of sp³-hybridized carbons (Fsp3) is 0. The van der Waals surface area contributed by atoms with E-state index in [4.69, 9.17) is 19.9 Å². The lowest BCUT2D eigenvalue weighted by Crippen LogP contribution is -2.01. The van der Waals surface area contributed by atoms with E-state index in [1.165, 1.54) is 36.3 Å². The van der Waals surface area contributed by atoms with Crippen LogP contribution in [0.15, 0.2) is 194 Å². The van der Waals surface area contributed by atoms with Crippen molar-refractivity contribution in [1.82, 2.24) is 19.9 Å². The van der Waals surface area contributed by atoms with E-state index in [-0.39, 0.29) is 0 Å². The Balaban J connectivity index is 1.01. The molecular weight excluding hydrogens is 713 g/mol. The zero-order valence-electron chi connectivity index (χ0n) is 30.7. The molecule has 5 heteroatoms. The molecule has 0 unspecified atom stereocenters. The van der Waals surface area contributed by atoms with Gasteiger partial charge in [0.1, 0.15) is 0 Å². The molecule has 266 valence electrons. The maximum Gasteiger partial charge on any atom is 0.164 e. The number of rotatable bonds is 6. The molecule has 3 heterocycles. The molecule has 8 aromatic carbocycles. The minimum Gasteiger partial charge on any atom is -0.247 e. The second-order valence-electron chi connectivity index (χ2n) is 14.2. The lowest BCUT2D eigenvalue weighted by atomic mass is 9.97. The number of hydrogen-bond donors (Lipinski definition) is 0. The standard InChI is InChI=1S/C52H32N4S/c1-4-14-34(15-5-1)39-20-10-11-21-41(39)52-55-50(36-18-8-3-9-19-36)54-51(56-52)37-26-24-33(25-27-37)38-28-31-46-44(32-38)40-29-30-43-47(49(40)57-46)42-22-12-13-23-45(42)53-48(43)35-16-6-2-7-17-35/h1-32H. The fourth-order valence-corrected chi connectivity index (χ4v) is 9.21. The first-order valence-corrected chi connectivity index (χ1v) is 19.9. The molecule has 0 amide bonds. The van der Waals surface area contributed by atoms with Gasteiger partial charge in [-0.25, -0.2) is 19.9 Å². The van der Waals surface area contributed by atoms with Crippen molar-refractivity contribution in [2.45, 2.75) is 0 Å². The molecule has 0 N–H and O–H groups in total. The summed E-state index contributed by atoms with van der Waals surface area (Å²) in [5.74, 6) is 1.92. The number of hydrogen-bond acceptors (Lipinski definition) is 5. The lowest BCUT2D eigenvalue weighted by Gasteiger charge is -2.12. The second kappa shape index (κ2) is 13.7. The van der Waals surface area contributed by atoms with E-state index in [1.807, 2.05) is 53.8 Å². The van der Waals surface area contributed by atoms with Crippen LogP contribution in [0.4, 0.5) is 0 Å². The molecule has 4 nitrogen and oxygen atoms in total. The van der Waals surface area contributed by atoms with E-state index in [2.05, 4.69) is 152 Å². The van der Waals surface area contributed by atoms with E-state index < -0.39 is 0 Å². The quantitative estimate of drug-likeness (QED) is 0.159. The Morgan fingerprint density at radius 2 is 0.860 bits per heavy atom. The Morgan fingerprint density at radius 3 is 1.60 bits per heavy atom. The molecule has 0 aliphatic carbocycles. The van der Waals surface area contributed by atoms with Crippen LogP contribution in [0.5, 0.6) is 0 Å². The van der Waals surface area contributed by atoms with Crippen molar-refractivity contribution in [2.24, 2.45) is 0 Å². The zero-order chi connectivity index (χ0) is 37.7. The first-order chi connectivity index (χ1) is 28.2. The number of para-hydroxylation sites is 1. The Bertz CT molecular complexity index is 3270. The minimum atomic E-state index is 0.635. The molecule has 0 aliphatic heterocycles. The predicted molar refractivity (Wildman–Crippen MR) is 238 cm³/mol. The van der Waals surface area contributed by atoms with E-state index >= 15 is 0 Å². The van der Waals surface area contributed by atoms with Crippen molar-refractivity contribution in [3.63, 3.8) is 0 Å². The number of nitrogens with zero attached hydrogens (tertiary/aromatic N) is 4. The number of thiophene rings is 1. The van der Waals surface area contributed by atoms with Crippen molar-refractivity contribution >= 4 is 53.2 Å². The molecule has 57 heavy (non-hydrogen) atoms. The molecule has 0 aliphatic rings. The third kappa shape index (κ3) is 5.84. The first kappa shape index (κ1) is 33.0. The highest BCUT2D eigenvalue weighted by atomic mass is 32.1. The first-order valence-electron chi connectivity index (χ1n) is 19.1. The highest BCUT2D eigenvalue weighted by Crippen LogP contribution is 2.44. The molecule has 0 spiro atoms. The predicted octanol–water partition coefficient (Wildman–Crippen LogP) is 13.9. The SMILES string of the molecule is c1ccc(-c2nc(-c3ccc(-c4ccc5sc6c(ccc7c(-c8ccccc8)nc8ccccc8c76)c5c4)cc3)nc(-c3ccccc3-c3ccccc3)n2)cc1. The van der Waals surface area contributed by atoms with Crippen LogP contribution in [0.25, 0.3) is 110 Å². The van der Waals surface area contributed by atoms with Gasteiger partial charge in [0, 0.05) is 58.6 Å². The number of pyridine rings is 1. The lowest BCUT2D eigenvalue weighted by molar-refractivity contribution is 1.07. The van der Waals surface area contributed by atoms with E-state index in [1.54, 1.807) is 0 Å². The smallest absolute Gasteiger partial charge is 0.164 e. The largest absolute Gasteiger partial charge is 0.247 e. The van der Waals surface area contributed by atoms with Gasteiger partial charge in [0.2, 0.25) is 0 Å². The van der Waals surface area contributed by atoms with Gasteiger partial charge in [-0.3, -0.25) is 0 Å². The molecule has 0 bridgehead atoms. The Hall–Kier alpha value is -7.34. The summed E-state index contributed by atoms with van der Waals surface area (Å²) in [5, 5.41) is 6.14. The molecular formula is C52H32N4S. The van der Waals surface area contributed by atoms with Crippen LogP contribution in [0.3, 0.4) is 0 Å². The molecule has 0 saturated carbocycles. The summed E-state index contributed by atoms with van der Waals surface area (Å²) < 4.78 is 2.56. The number of benzene rings is 8. The van der Waals surface area contributed by atoms with Crippen LogP contribution >= 0.6 is 11.3 Å². The van der Waals surface area contributed by atoms with Crippen molar-refractivity contribution < 1.29 is 0 Å². The van der Waals surface area contributed by atoms with Crippen molar-refractivity contribution in [3.05, 3.63) is 194 Å². The summed E-state index contributed by atoms with van der Waals surface area (Å²) in [5.41, 5.74) is 10.5. The number of fused-ring (bicyclic) bond motifs is 7. The third-order valence-corrected chi connectivity index (χ3v) is 11.9. The Kier molecular flexibility index (Phi) is 7.97. The molecule has 11 rings (SSSR count). The highest BCUT2D eigenvalue weighted by molar-refractivity contribution is 7.26. The van der Waals surface area contributed by atoms with Gasteiger partial charge < -0.3 is 0 Å². The monoisotopic (exact) mass is 744 g/mol. The molecule has 3 aromatic heterocycles. The molecule has 11 aromatic rings. The average molecular weight is 745 g/mol. The van der Waals surface area contributed by atoms with Crippen molar-refractivity contribution in [3.8, 4) is 67.7 Å². The van der Waals surface area contributed by atoms with E-state index in [0.29, 0.717) is 17.5 Å². The third-order valence-electron chi connectivity index (χ3n) is 10.7. The van der Waals surface area contributed by atoms with Gasteiger partial charge >= 0.3 is 0 Å². The van der Waals surface area contributed by atoms with Crippen LogP contribution in [-0.4, -0.2) is 19.9 Å². The summed E-state index contributed by atoms with van der Waals surface area (Å²) in [6.45, 7) is 0. The molecule has 0 atom stereocenters. The second-order valence-corrected chi connectivity index (χ2v) is 15.2. The van der Waals surface area contributed by atoms with Gasteiger partial charge in [-0.15, -0.1) is 11.3 Å². The maximum atomic E-state index is 5.17. The van der Waals surface area contributed by atoms with E-state index in [0.717, 1.165) is 55.7 Å². The summed E-state index contributed by atoms with van der Waals surface area (Å²) >= 11 is 1.86. The topological polar surface area (TPSA) is 51.6 Å².